The summed E-state index contributed by atoms with van der Waals surface area (Å²) in [6.45, 7) is 1.62. The summed E-state index contributed by atoms with van der Waals surface area (Å²) in [7, 11) is 2.87. The van der Waals surface area contributed by atoms with Gasteiger partial charge in [0.2, 0.25) is 0 Å². The summed E-state index contributed by atoms with van der Waals surface area (Å²) in [5, 5.41) is 9.41. The first-order valence-corrected chi connectivity index (χ1v) is 8.90. The molecule has 8 heteroatoms. The molecule has 30 heavy (non-hydrogen) atoms. The third kappa shape index (κ3) is 3.62. The van der Waals surface area contributed by atoms with E-state index in [4.69, 9.17) is 9.47 Å². The summed E-state index contributed by atoms with van der Waals surface area (Å²) in [5.74, 6) is -2.64. The maximum atomic E-state index is 14.7. The molecular weight excluding hydrogens is 397 g/mol. The molecule has 0 spiro atoms. The molecule has 0 aliphatic carbocycles. The average Bonchev–Trinajstić information content (AvgIpc) is 2.72. The van der Waals surface area contributed by atoms with Crippen LogP contribution in [0, 0.1) is 28.8 Å². The van der Waals surface area contributed by atoms with E-state index >= 15 is 0 Å². The Hall–Kier alpha value is -3.73. The fourth-order valence-electron chi connectivity index (χ4n) is 3.27. The van der Waals surface area contributed by atoms with Gasteiger partial charge in [0.1, 0.15) is 40.6 Å². The minimum Gasteiger partial charge on any atom is -0.497 e. The highest BCUT2D eigenvalue weighted by Gasteiger charge is 2.24. The van der Waals surface area contributed by atoms with Gasteiger partial charge in [-0.3, -0.25) is 4.79 Å². The van der Waals surface area contributed by atoms with Gasteiger partial charge in [0, 0.05) is 30.3 Å². The van der Waals surface area contributed by atoms with Crippen LogP contribution in [-0.4, -0.2) is 18.8 Å². The Labute approximate surface area is 170 Å². The molecule has 0 N–H and O–H groups in total. The summed E-state index contributed by atoms with van der Waals surface area (Å²) in [6, 6.07) is 8.89. The maximum Gasteiger partial charge on any atom is 0.268 e. The number of hydrogen-bond acceptors (Lipinski definition) is 4. The number of pyridine rings is 1. The van der Waals surface area contributed by atoms with Crippen LogP contribution in [0.5, 0.6) is 11.5 Å². The van der Waals surface area contributed by atoms with Crippen LogP contribution in [0.1, 0.15) is 12.5 Å². The second-order valence-corrected chi connectivity index (χ2v) is 6.33. The molecule has 0 fully saturated rings. The van der Waals surface area contributed by atoms with Crippen LogP contribution in [0.3, 0.4) is 0 Å². The molecule has 5 nitrogen and oxygen atoms in total. The number of ether oxygens (including phenoxy) is 2. The van der Waals surface area contributed by atoms with Crippen molar-refractivity contribution in [3.05, 3.63) is 69.8 Å². The smallest absolute Gasteiger partial charge is 0.268 e. The van der Waals surface area contributed by atoms with E-state index in [9.17, 15) is 23.2 Å². The Bertz CT molecular complexity index is 1180. The van der Waals surface area contributed by atoms with Gasteiger partial charge in [-0.25, -0.2) is 13.2 Å². The fraction of sp³-hybridized carbons (Fsp3) is 0.182. The van der Waals surface area contributed by atoms with Crippen molar-refractivity contribution >= 4 is 0 Å². The Morgan fingerprint density at radius 3 is 2.00 bits per heavy atom. The van der Waals surface area contributed by atoms with Crippen molar-refractivity contribution in [2.75, 3.05) is 14.2 Å². The molecule has 0 radical (unpaired) electrons. The monoisotopic (exact) mass is 414 g/mol. The molecule has 0 unspecified atom stereocenters. The lowest BCUT2D eigenvalue weighted by Gasteiger charge is -2.19. The number of nitrogens with zero attached hydrogens (tertiary/aromatic N) is 2. The third-order valence-corrected chi connectivity index (χ3v) is 4.63. The van der Waals surface area contributed by atoms with Crippen molar-refractivity contribution in [1.82, 2.24) is 4.57 Å². The molecule has 154 valence electrons. The average molecular weight is 414 g/mol. The lowest BCUT2D eigenvalue weighted by Crippen LogP contribution is -2.25. The second kappa shape index (κ2) is 8.33. The van der Waals surface area contributed by atoms with Crippen LogP contribution in [0.4, 0.5) is 13.2 Å². The molecule has 0 amide bonds. The maximum absolute atomic E-state index is 14.7. The molecule has 0 atom stereocenters. The van der Waals surface area contributed by atoms with E-state index < -0.39 is 28.6 Å². The summed E-state index contributed by atoms with van der Waals surface area (Å²) in [4.78, 5) is 12.7. The van der Waals surface area contributed by atoms with Crippen molar-refractivity contribution in [2.45, 2.75) is 13.5 Å². The first-order valence-electron chi connectivity index (χ1n) is 8.90. The molecule has 3 rings (SSSR count). The molecule has 0 aliphatic rings. The summed E-state index contributed by atoms with van der Waals surface area (Å²) >= 11 is 0. The van der Waals surface area contributed by atoms with E-state index in [0.717, 1.165) is 4.57 Å². The topological polar surface area (TPSA) is 64.2 Å². The van der Waals surface area contributed by atoms with Gasteiger partial charge < -0.3 is 14.0 Å². The lowest BCUT2D eigenvalue weighted by atomic mass is 9.96. The number of aromatic nitrogens is 1. The fourth-order valence-corrected chi connectivity index (χ4v) is 3.27. The van der Waals surface area contributed by atoms with E-state index in [1.165, 1.54) is 20.3 Å². The van der Waals surface area contributed by atoms with E-state index in [1.54, 1.807) is 25.1 Å². The van der Waals surface area contributed by atoms with E-state index in [0.29, 0.717) is 29.2 Å². The van der Waals surface area contributed by atoms with Gasteiger partial charge in [-0.05, 0) is 30.7 Å². The summed E-state index contributed by atoms with van der Waals surface area (Å²) < 4.78 is 54.5. The SMILES string of the molecule is CCn1c(-c2c(F)cc(F)cc2F)c(-c2cc(OC)cc(OC)c2)cc(C#N)c1=O. The van der Waals surface area contributed by atoms with Crippen LogP contribution in [0.25, 0.3) is 22.4 Å². The van der Waals surface area contributed by atoms with Crippen LogP contribution >= 0.6 is 0 Å². The molecule has 2 aromatic carbocycles. The van der Waals surface area contributed by atoms with Crippen molar-refractivity contribution in [1.29, 1.82) is 5.26 Å². The van der Waals surface area contributed by atoms with Gasteiger partial charge in [-0.15, -0.1) is 0 Å². The van der Waals surface area contributed by atoms with Crippen molar-refractivity contribution in [3.63, 3.8) is 0 Å². The van der Waals surface area contributed by atoms with Gasteiger partial charge in [0.05, 0.1) is 25.5 Å². The predicted octanol–water partition coefficient (Wildman–Crippen LogP) is 4.51. The molecule has 0 aliphatic heterocycles. The quantitative estimate of drug-likeness (QED) is 0.616. The van der Waals surface area contributed by atoms with Crippen LogP contribution in [0.15, 0.2) is 41.2 Å². The van der Waals surface area contributed by atoms with Gasteiger partial charge >= 0.3 is 0 Å². The number of methoxy groups -OCH3 is 2. The van der Waals surface area contributed by atoms with Gasteiger partial charge in [0.25, 0.3) is 5.56 Å². The highest BCUT2D eigenvalue weighted by molar-refractivity contribution is 5.83. The molecule has 1 aromatic heterocycles. The standard InChI is InChI=1S/C22H17F3N2O3/c1-4-27-21(20-18(24)8-14(23)9-19(20)25)17(7-13(11-26)22(27)28)12-5-15(29-2)10-16(6-12)30-3/h5-10H,4H2,1-3H3. The highest BCUT2D eigenvalue weighted by atomic mass is 19.1. The lowest BCUT2D eigenvalue weighted by molar-refractivity contribution is 0.394. The Balaban J connectivity index is 2.51. The van der Waals surface area contributed by atoms with Crippen molar-refractivity contribution in [3.8, 4) is 40.0 Å². The number of benzene rings is 2. The second-order valence-electron chi connectivity index (χ2n) is 6.33. The number of nitriles is 1. The number of hydrogen-bond donors (Lipinski definition) is 0. The molecular formula is C22H17F3N2O3. The molecule has 0 saturated heterocycles. The minimum atomic E-state index is -1.17. The van der Waals surface area contributed by atoms with Crippen molar-refractivity contribution < 1.29 is 22.6 Å². The number of rotatable bonds is 5. The van der Waals surface area contributed by atoms with Gasteiger partial charge in [-0.2, -0.15) is 5.26 Å². The molecule has 3 aromatic rings. The molecule has 1 heterocycles. The first-order chi connectivity index (χ1) is 14.3. The minimum absolute atomic E-state index is 0.0219. The first kappa shape index (κ1) is 21.0. The summed E-state index contributed by atoms with van der Waals surface area (Å²) in [5.41, 5.74) is -1.03. The third-order valence-electron chi connectivity index (χ3n) is 4.63. The van der Waals surface area contributed by atoms with E-state index in [-0.39, 0.29) is 23.4 Å². The van der Waals surface area contributed by atoms with Crippen LogP contribution in [0.2, 0.25) is 0 Å². The highest BCUT2D eigenvalue weighted by Crippen LogP contribution is 2.38. The molecule has 0 saturated carbocycles. The summed E-state index contributed by atoms with van der Waals surface area (Å²) in [6.07, 6.45) is 0. The Morgan fingerprint density at radius 1 is 0.967 bits per heavy atom. The largest absolute Gasteiger partial charge is 0.497 e. The Kier molecular flexibility index (Phi) is 5.83. The van der Waals surface area contributed by atoms with Gasteiger partial charge in [-0.1, -0.05) is 0 Å². The zero-order valence-electron chi connectivity index (χ0n) is 16.4. The van der Waals surface area contributed by atoms with Crippen molar-refractivity contribution in [2.24, 2.45) is 0 Å². The normalized spacial score (nSPS) is 10.6. The predicted molar refractivity (Wildman–Crippen MR) is 105 cm³/mol. The van der Waals surface area contributed by atoms with E-state index in [1.807, 2.05) is 6.07 Å². The zero-order chi connectivity index (χ0) is 22.0. The van der Waals surface area contributed by atoms with Crippen LogP contribution < -0.4 is 15.0 Å². The Morgan fingerprint density at radius 2 is 1.53 bits per heavy atom. The zero-order valence-corrected chi connectivity index (χ0v) is 16.4. The van der Waals surface area contributed by atoms with Gasteiger partial charge in [0.15, 0.2) is 0 Å². The van der Waals surface area contributed by atoms with Crippen LogP contribution in [-0.2, 0) is 6.54 Å². The van der Waals surface area contributed by atoms with E-state index in [2.05, 4.69) is 0 Å². The molecule has 0 bridgehead atoms. The number of halogens is 3.